The van der Waals surface area contributed by atoms with E-state index in [4.69, 9.17) is 5.73 Å². The fourth-order valence-electron chi connectivity index (χ4n) is 5.79. The fourth-order valence-corrected chi connectivity index (χ4v) is 5.79. The highest BCUT2D eigenvalue weighted by atomic mass is 16.3. The van der Waals surface area contributed by atoms with E-state index < -0.39 is 64.4 Å². The van der Waals surface area contributed by atoms with E-state index in [0.29, 0.717) is 5.56 Å². The van der Waals surface area contributed by atoms with Crippen LogP contribution in [0.3, 0.4) is 0 Å². The summed E-state index contributed by atoms with van der Waals surface area (Å²) in [6.45, 7) is 0. The Kier molecular flexibility index (Phi) is 5.17. The van der Waals surface area contributed by atoms with Gasteiger partial charge in [0.2, 0.25) is 5.91 Å². The van der Waals surface area contributed by atoms with E-state index in [1.807, 2.05) is 0 Å². The first-order valence-electron chi connectivity index (χ1n) is 10.6. The number of hydrogen-bond donors (Lipinski definition) is 3. The molecule has 3 aliphatic rings. The number of aromatic nitrogens is 1. The van der Waals surface area contributed by atoms with Gasteiger partial charge >= 0.3 is 0 Å². The fraction of sp³-hybridized carbons (Fsp3) is 0.545. The highest BCUT2D eigenvalue weighted by molar-refractivity contribution is 6.32. The van der Waals surface area contributed by atoms with Gasteiger partial charge in [-0.15, -0.1) is 0 Å². The van der Waals surface area contributed by atoms with Gasteiger partial charge < -0.3 is 20.8 Å². The van der Waals surface area contributed by atoms with Gasteiger partial charge in [-0.2, -0.15) is 0 Å². The summed E-state index contributed by atoms with van der Waals surface area (Å²) in [6, 6.07) is -1.12. The number of rotatable bonds is 3. The Morgan fingerprint density at radius 3 is 2.33 bits per heavy atom. The first-order chi connectivity index (χ1) is 15.3. The Bertz CT molecular complexity index is 1110. The van der Waals surface area contributed by atoms with Gasteiger partial charge in [-0.05, 0) is 38.4 Å². The Morgan fingerprint density at radius 1 is 1.15 bits per heavy atom. The molecule has 176 valence electrons. The lowest BCUT2D eigenvalue weighted by Gasteiger charge is -2.52. The SMILES string of the molecule is CN(C)c1ncc2c(c1O)C(=O)C1C(=O)[C@]3(O)C(=O)C(C(N)=O)C(=O)[C@@H](N(C)C)[C@@H]3C[C@@H]1C2. The van der Waals surface area contributed by atoms with Crippen molar-refractivity contribution in [1.82, 2.24) is 9.88 Å². The minimum atomic E-state index is -2.72. The molecule has 6 atom stereocenters. The molecule has 2 unspecified atom stereocenters. The number of ketones is 4. The number of aromatic hydroxyl groups is 1. The smallest absolute Gasteiger partial charge is 0.235 e. The number of pyridine rings is 1. The summed E-state index contributed by atoms with van der Waals surface area (Å²) in [7, 11) is 6.35. The van der Waals surface area contributed by atoms with Gasteiger partial charge in [0, 0.05) is 26.2 Å². The van der Waals surface area contributed by atoms with E-state index in [-0.39, 0.29) is 30.0 Å². The number of likely N-dealkylation sites (N-methyl/N-ethyl adjacent to an activating group) is 1. The van der Waals surface area contributed by atoms with E-state index in [1.54, 1.807) is 28.2 Å². The van der Waals surface area contributed by atoms with E-state index in [9.17, 15) is 34.2 Å². The molecule has 0 aliphatic heterocycles. The van der Waals surface area contributed by atoms with Crippen LogP contribution in [0.25, 0.3) is 0 Å². The van der Waals surface area contributed by atoms with Crippen molar-refractivity contribution >= 4 is 34.9 Å². The van der Waals surface area contributed by atoms with E-state index in [2.05, 4.69) is 4.98 Å². The number of hydrogen-bond acceptors (Lipinski definition) is 10. The second-order valence-corrected chi connectivity index (χ2v) is 9.51. The van der Waals surface area contributed by atoms with Crippen molar-refractivity contribution in [3.05, 3.63) is 17.3 Å². The molecule has 2 saturated carbocycles. The van der Waals surface area contributed by atoms with Crippen molar-refractivity contribution in [3.63, 3.8) is 0 Å². The number of primary amides is 1. The Morgan fingerprint density at radius 2 is 1.79 bits per heavy atom. The zero-order valence-electron chi connectivity index (χ0n) is 18.7. The standard InChI is InChI=1S/C22H26N4O7/c1-25(2)14-10-6-8-5-9-7-24-21(26(3)4)17(29)11(9)15(27)12(8)18(30)22(10,33)19(31)13(16(14)28)20(23)32/h7-8,10,12-14,29,33H,5-6H2,1-4H3,(H2,23,32)/t8-,10-,12?,13?,14-,22-/m0/s1. The van der Waals surface area contributed by atoms with Gasteiger partial charge in [0.05, 0.1) is 17.5 Å². The lowest BCUT2D eigenvalue weighted by atomic mass is 9.52. The molecule has 1 heterocycles. The highest BCUT2D eigenvalue weighted by Gasteiger charge is 2.69. The van der Waals surface area contributed by atoms with Crippen LogP contribution in [-0.4, -0.2) is 89.0 Å². The largest absolute Gasteiger partial charge is 0.504 e. The molecule has 4 rings (SSSR count). The summed E-state index contributed by atoms with van der Waals surface area (Å²) < 4.78 is 0. The van der Waals surface area contributed by atoms with Gasteiger partial charge in [-0.3, -0.25) is 28.9 Å². The number of carbonyl (C=O) groups is 5. The number of nitrogens with zero attached hydrogens (tertiary/aromatic N) is 3. The van der Waals surface area contributed by atoms with Gasteiger partial charge in [-0.1, -0.05) is 0 Å². The van der Waals surface area contributed by atoms with Gasteiger partial charge in [0.25, 0.3) is 0 Å². The van der Waals surface area contributed by atoms with Crippen LogP contribution in [0.2, 0.25) is 0 Å². The lowest BCUT2D eigenvalue weighted by molar-refractivity contribution is -0.181. The van der Waals surface area contributed by atoms with Crippen molar-refractivity contribution < 1.29 is 34.2 Å². The van der Waals surface area contributed by atoms with E-state index >= 15 is 0 Å². The van der Waals surface area contributed by atoms with Crippen LogP contribution in [0.5, 0.6) is 5.75 Å². The Hall–Kier alpha value is -3.18. The molecule has 11 nitrogen and oxygen atoms in total. The maximum absolute atomic E-state index is 13.6. The summed E-state index contributed by atoms with van der Waals surface area (Å²) in [6.07, 6.45) is 1.67. The maximum atomic E-state index is 13.6. The second-order valence-electron chi connectivity index (χ2n) is 9.51. The normalized spacial score (nSPS) is 33.5. The van der Waals surface area contributed by atoms with Crippen molar-refractivity contribution in [2.24, 2.45) is 29.4 Å². The molecule has 2 fully saturated rings. The third kappa shape index (κ3) is 2.95. The molecule has 33 heavy (non-hydrogen) atoms. The van der Waals surface area contributed by atoms with Crippen LogP contribution in [0.1, 0.15) is 22.3 Å². The van der Waals surface area contributed by atoms with Crippen LogP contribution in [0, 0.1) is 23.7 Å². The lowest BCUT2D eigenvalue weighted by Crippen LogP contribution is -2.74. The van der Waals surface area contributed by atoms with Crippen molar-refractivity contribution in [1.29, 1.82) is 0 Å². The number of aliphatic hydroxyl groups is 1. The summed E-state index contributed by atoms with van der Waals surface area (Å²) in [5.41, 5.74) is 2.95. The number of nitrogens with two attached hydrogens (primary N) is 1. The predicted octanol–water partition coefficient (Wildman–Crippen LogP) is -1.67. The third-order valence-electron chi connectivity index (χ3n) is 7.21. The number of carbonyl (C=O) groups excluding carboxylic acids is 5. The first kappa shape index (κ1) is 23.0. The summed E-state index contributed by atoms with van der Waals surface area (Å²) >= 11 is 0. The van der Waals surface area contributed by atoms with Crippen LogP contribution in [0.4, 0.5) is 5.82 Å². The van der Waals surface area contributed by atoms with Crippen molar-refractivity contribution in [3.8, 4) is 5.75 Å². The van der Waals surface area contributed by atoms with Crippen LogP contribution >= 0.6 is 0 Å². The summed E-state index contributed by atoms with van der Waals surface area (Å²) in [5.74, 6) is -10.5. The van der Waals surface area contributed by atoms with Gasteiger partial charge in [0.1, 0.15) is 0 Å². The number of Topliss-reactive ketones (excluding diaryl/α,β-unsaturated/α-hetero) is 4. The van der Waals surface area contributed by atoms with Crippen LogP contribution in [0.15, 0.2) is 6.20 Å². The van der Waals surface area contributed by atoms with Crippen molar-refractivity contribution in [2.45, 2.75) is 24.5 Å². The number of anilines is 1. The minimum absolute atomic E-state index is 0.0140. The zero-order chi connectivity index (χ0) is 24.6. The van der Waals surface area contributed by atoms with E-state index in [0.717, 1.165) is 0 Å². The average molecular weight is 458 g/mol. The molecule has 0 bridgehead atoms. The molecule has 3 aliphatic carbocycles. The molecule has 1 aromatic heterocycles. The molecule has 0 radical (unpaired) electrons. The third-order valence-corrected chi connectivity index (χ3v) is 7.21. The molecular weight excluding hydrogens is 432 g/mol. The average Bonchev–Trinajstić information content (AvgIpc) is 2.70. The molecule has 1 aromatic rings. The van der Waals surface area contributed by atoms with E-state index in [1.165, 1.54) is 16.0 Å². The molecule has 0 saturated heterocycles. The predicted molar refractivity (Wildman–Crippen MR) is 113 cm³/mol. The molecule has 4 N–H and O–H groups in total. The monoisotopic (exact) mass is 458 g/mol. The summed E-state index contributed by atoms with van der Waals surface area (Å²) in [4.78, 5) is 72.4. The first-order valence-corrected chi connectivity index (χ1v) is 10.6. The Balaban J connectivity index is 1.86. The highest BCUT2D eigenvalue weighted by Crippen LogP contribution is 2.51. The molecular formula is C22H26N4O7. The molecule has 0 spiro atoms. The topological polar surface area (TPSA) is 171 Å². The molecule has 1 amide bonds. The van der Waals surface area contributed by atoms with Crippen LogP contribution in [-0.2, 0) is 25.6 Å². The van der Waals surface area contributed by atoms with Gasteiger partial charge in [-0.25, -0.2) is 4.98 Å². The minimum Gasteiger partial charge on any atom is -0.504 e. The second kappa shape index (κ2) is 7.42. The molecule has 0 aromatic carbocycles. The zero-order valence-corrected chi connectivity index (χ0v) is 18.7. The number of amides is 1. The summed E-state index contributed by atoms with van der Waals surface area (Å²) in [5, 5.41) is 22.2. The van der Waals surface area contributed by atoms with Crippen molar-refractivity contribution in [2.75, 3.05) is 33.1 Å². The van der Waals surface area contributed by atoms with Crippen LogP contribution < -0.4 is 10.6 Å². The quantitative estimate of drug-likeness (QED) is 0.445. The molecule has 11 heteroatoms. The maximum Gasteiger partial charge on any atom is 0.235 e. The van der Waals surface area contributed by atoms with Gasteiger partial charge in [0.15, 0.2) is 46.2 Å². The Labute approximate surface area is 189 Å². The number of fused-ring (bicyclic) bond motifs is 3.